The van der Waals surface area contributed by atoms with Crippen molar-refractivity contribution in [2.45, 2.75) is 64.1 Å². The minimum Gasteiger partial charge on any atom is -0.356 e. The summed E-state index contributed by atoms with van der Waals surface area (Å²) >= 11 is 0. The van der Waals surface area contributed by atoms with Crippen molar-refractivity contribution in [3.05, 3.63) is 41.6 Å². The Hall–Kier alpha value is -2.31. The Morgan fingerprint density at radius 1 is 1.27 bits per heavy atom. The number of hydrogen-bond donors (Lipinski definition) is 1. The predicted octanol–water partition coefficient (Wildman–Crippen LogP) is 3.49. The molecule has 2 aromatic rings. The van der Waals surface area contributed by atoms with Gasteiger partial charge in [0.2, 0.25) is 11.8 Å². The fraction of sp³-hybridized carbons (Fsp3) is 0.542. The van der Waals surface area contributed by atoms with Crippen LogP contribution in [0.3, 0.4) is 0 Å². The molecule has 1 aromatic heterocycles. The quantitative estimate of drug-likeness (QED) is 0.620. The van der Waals surface area contributed by atoms with Crippen molar-refractivity contribution < 1.29 is 14.3 Å². The van der Waals surface area contributed by atoms with E-state index >= 15 is 0 Å². The lowest BCUT2D eigenvalue weighted by Gasteiger charge is -2.31. The number of likely N-dealkylation sites (N-methyl/N-ethyl adjacent to an activating group) is 1. The molecule has 3 aliphatic heterocycles. The highest BCUT2D eigenvalue weighted by molar-refractivity contribution is 6.01. The summed E-state index contributed by atoms with van der Waals surface area (Å²) in [5.41, 5.74) is 2.62. The standard InChI is InChI=1S/C22H25N3O3.C2H6/c1-3-25-9-8-22(21(2,13-25)28-22)16-4-6-18-14(11-16)10-15(12-23-18)17-5-7-19(26)24-20(17)27;1-2/h4,6,10-12,17H,3,5,7-9,13H2,1-2H3,(H,24,26,27);1-2H3. The highest BCUT2D eigenvalue weighted by Crippen LogP contribution is 2.60. The number of nitrogens with one attached hydrogen (secondary N) is 1. The van der Waals surface area contributed by atoms with Crippen molar-refractivity contribution >= 4 is 22.7 Å². The molecule has 3 unspecified atom stereocenters. The van der Waals surface area contributed by atoms with Crippen LogP contribution in [0.1, 0.15) is 64.0 Å². The molecular formula is C24H31N3O3. The van der Waals surface area contributed by atoms with Crippen molar-refractivity contribution in [1.29, 1.82) is 0 Å². The molecule has 1 aromatic carbocycles. The molecule has 4 heterocycles. The average molecular weight is 410 g/mol. The van der Waals surface area contributed by atoms with E-state index in [9.17, 15) is 9.59 Å². The number of likely N-dealkylation sites (tertiary alicyclic amines) is 1. The maximum Gasteiger partial charge on any atom is 0.234 e. The van der Waals surface area contributed by atoms with E-state index in [4.69, 9.17) is 4.74 Å². The number of nitrogens with zero attached hydrogens (tertiary/aromatic N) is 2. The first-order valence-electron chi connectivity index (χ1n) is 11.1. The SMILES string of the molecule is CC.CCN1CCC2(c3ccc4ncc(C5CCC(=O)NC5=O)cc4c3)OC2(C)C1. The van der Waals surface area contributed by atoms with Gasteiger partial charge in [0.15, 0.2) is 0 Å². The maximum atomic E-state index is 12.2. The molecule has 0 saturated carbocycles. The van der Waals surface area contributed by atoms with Gasteiger partial charge in [0.1, 0.15) is 11.2 Å². The van der Waals surface area contributed by atoms with Crippen LogP contribution in [0.5, 0.6) is 0 Å². The van der Waals surface area contributed by atoms with Gasteiger partial charge in [-0.15, -0.1) is 0 Å². The minimum atomic E-state index is -0.313. The number of amides is 2. The smallest absolute Gasteiger partial charge is 0.234 e. The molecule has 160 valence electrons. The van der Waals surface area contributed by atoms with Gasteiger partial charge in [0, 0.05) is 31.1 Å². The van der Waals surface area contributed by atoms with E-state index in [-0.39, 0.29) is 28.9 Å². The van der Waals surface area contributed by atoms with Crippen molar-refractivity contribution in [2.75, 3.05) is 19.6 Å². The highest BCUT2D eigenvalue weighted by Gasteiger charge is 2.69. The van der Waals surface area contributed by atoms with Gasteiger partial charge in [-0.05, 0) is 55.6 Å². The fourth-order valence-electron chi connectivity index (χ4n) is 5.04. The first-order valence-corrected chi connectivity index (χ1v) is 11.1. The third-order valence-corrected chi connectivity index (χ3v) is 6.77. The van der Waals surface area contributed by atoms with Gasteiger partial charge in [-0.2, -0.15) is 0 Å². The third-order valence-electron chi connectivity index (χ3n) is 6.77. The number of carbonyl (C=O) groups excluding carboxylic acids is 2. The molecule has 6 nitrogen and oxygen atoms in total. The molecule has 3 saturated heterocycles. The largest absolute Gasteiger partial charge is 0.356 e. The van der Waals surface area contributed by atoms with Crippen molar-refractivity contribution in [1.82, 2.24) is 15.2 Å². The van der Waals surface area contributed by atoms with Crippen LogP contribution in [0.4, 0.5) is 0 Å². The van der Waals surface area contributed by atoms with Crippen LogP contribution in [0.15, 0.2) is 30.5 Å². The third kappa shape index (κ3) is 3.32. The van der Waals surface area contributed by atoms with E-state index in [0.29, 0.717) is 12.8 Å². The predicted molar refractivity (Wildman–Crippen MR) is 116 cm³/mol. The Balaban J connectivity index is 0.00000106. The number of aromatic nitrogens is 1. The summed E-state index contributed by atoms with van der Waals surface area (Å²) in [6.07, 6.45) is 3.66. The molecule has 3 fully saturated rings. The van der Waals surface area contributed by atoms with Crippen LogP contribution in [0.2, 0.25) is 0 Å². The molecule has 3 aliphatic rings. The normalized spacial score (nSPS) is 30.9. The van der Waals surface area contributed by atoms with Crippen molar-refractivity contribution in [3.63, 3.8) is 0 Å². The lowest BCUT2D eigenvalue weighted by atomic mass is 9.81. The maximum absolute atomic E-state index is 12.2. The summed E-state index contributed by atoms with van der Waals surface area (Å²) in [5, 5.41) is 3.45. The van der Waals surface area contributed by atoms with E-state index in [0.717, 1.165) is 42.5 Å². The summed E-state index contributed by atoms with van der Waals surface area (Å²) in [6.45, 7) is 11.4. The van der Waals surface area contributed by atoms with Crippen molar-refractivity contribution in [3.8, 4) is 0 Å². The van der Waals surface area contributed by atoms with Crippen LogP contribution < -0.4 is 5.32 Å². The molecule has 0 bridgehead atoms. The minimum absolute atomic E-state index is 0.135. The fourth-order valence-corrected chi connectivity index (χ4v) is 5.04. The second-order valence-corrected chi connectivity index (χ2v) is 8.46. The van der Waals surface area contributed by atoms with E-state index in [2.05, 4.69) is 41.2 Å². The number of carbonyl (C=O) groups is 2. The first kappa shape index (κ1) is 20.9. The summed E-state index contributed by atoms with van der Waals surface area (Å²) in [4.78, 5) is 30.7. The second-order valence-electron chi connectivity index (χ2n) is 8.46. The van der Waals surface area contributed by atoms with E-state index < -0.39 is 0 Å². The number of hydrogen-bond acceptors (Lipinski definition) is 5. The molecule has 30 heavy (non-hydrogen) atoms. The number of ether oxygens (including phenoxy) is 1. The van der Waals surface area contributed by atoms with Gasteiger partial charge in [-0.3, -0.25) is 19.9 Å². The van der Waals surface area contributed by atoms with Gasteiger partial charge in [0.25, 0.3) is 0 Å². The summed E-state index contributed by atoms with van der Waals surface area (Å²) in [6, 6.07) is 8.39. The number of benzene rings is 1. The van der Waals surface area contributed by atoms with Crippen LogP contribution in [-0.4, -0.2) is 46.9 Å². The highest BCUT2D eigenvalue weighted by atomic mass is 16.6. The number of imide groups is 1. The Bertz CT molecular complexity index is 991. The van der Waals surface area contributed by atoms with Crippen LogP contribution in [0.25, 0.3) is 10.9 Å². The first-order chi connectivity index (χ1) is 14.4. The van der Waals surface area contributed by atoms with Gasteiger partial charge in [-0.25, -0.2) is 0 Å². The van der Waals surface area contributed by atoms with Gasteiger partial charge in [0.05, 0.1) is 11.4 Å². The zero-order valence-corrected chi connectivity index (χ0v) is 18.3. The zero-order chi connectivity index (χ0) is 21.5. The molecular weight excluding hydrogens is 378 g/mol. The Kier molecular flexibility index (Phi) is 5.41. The Morgan fingerprint density at radius 2 is 2.07 bits per heavy atom. The summed E-state index contributed by atoms with van der Waals surface area (Å²) < 4.78 is 6.33. The van der Waals surface area contributed by atoms with E-state index in [1.807, 2.05) is 26.0 Å². The number of rotatable bonds is 3. The molecule has 5 rings (SSSR count). The zero-order valence-electron chi connectivity index (χ0n) is 18.3. The van der Waals surface area contributed by atoms with Gasteiger partial charge < -0.3 is 9.64 Å². The molecule has 3 atom stereocenters. The Morgan fingerprint density at radius 3 is 2.77 bits per heavy atom. The lowest BCUT2D eigenvalue weighted by Crippen LogP contribution is -2.43. The van der Waals surface area contributed by atoms with Crippen LogP contribution >= 0.6 is 0 Å². The number of pyridine rings is 1. The monoisotopic (exact) mass is 409 g/mol. The second kappa shape index (κ2) is 7.75. The van der Waals surface area contributed by atoms with Gasteiger partial charge in [-0.1, -0.05) is 26.8 Å². The van der Waals surface area contributed by atoms with Crippen molar-refractivity contribution in [2.24, 2.45) is 0 Å². The molecule has 0 spiro atoms. The molecule has 6 heteroatoms. The number of epoxide rings is 1. The van der Waals surface area contributed by atoms with E-state index in [1.165, 1.54) is 5.56 Å². The van der Waals surface area contributed by atoms with E-state index in [1.54, 1.807) is 6.20 Å². The molecule has 0 radical (unpaired) electrons. The molecule has 1 N–H and O–H groups in total. The lowest BCUT2D eigenvalue weighted by molar-refractivity contribution is -0.134. The molecule has 0 aliphatic carbocycles. The topological polar surface area (TPSA) is 74.8 Å². The summed E-state index contributed by atoms with van der Waals surface area (Å²) in [7, 11) is 0. The number of piperidine rings is 2. The Labute approximate surface area is 178 Å². The summed E-state index contributed by atoms with van der Waals surface area (Å²) in [5.74, 6) is -0.733. The van der Waals surface area contributed by atoms with Crippen LogP contribution in [-0.2, 0) is 19.9 Å². The molecule has 2 amide bonds. The average Bonchev–Trinajstić information content (AvgIpc) is 3.40. The van der Waals surface area contributed by atoms with Gasteiger partial charge >= 0.3 is 0 Å². The van der Waals surface area contributed by atoms with Crippen LogP contribution in [0, 0.1) is 0 Å². The number of fused-ring (bicyclic) bond motifs is 2.